The molecule has 1 unspecified atom stereocenters. The number of rotatable bonds is 5. The normalized spacial score (nSPS) is 11.9. The fraction of sp³-hybridized carbons (Fsp3) is 0.455. The first kappa shape index (κ1) is 12.4. The summed E-state index contributed by atoms with van der Waals surface area (Å²) in [6.45, 7) is 2.44. The summed E-state index contributed by atoms with van der Waals surface area (Å²) in [5.74, 6) is 0.657. The highest BCUT2D eigenvalue weighted by Crippen LogP contribution is 2.11. The molecule has 0 spiro atoms. The van der Waals surface area contributed by atoms with Crippen molar-refractivity contribution >= 4 is 11.6 Å². The molecule has 1 aromatic rings. The molecule has 1 rings (SSSR count). The first-order valence-electron chi connectivity index (χ1n) is 5.15. The molecule has 1 aromatic heterocycles. The van der Waals surface area contributed by atoms with Crippen LogP contribution in [0.3, 0.4) is 0 Å². The number of carbonyl (C=O) groups excluding carboxylic acids is 1. The Labute approximate surface area is 95.0 Å². The van der Waals surface area contributed by atoms with Crippen LogP contribution < -0.4 is 15.8 Å². The summed E-state index contributed by atoms with van der Waals surface area (Å²) in [6, 6.07) is 3.44. The lowest BCUT2D eigenvalue weighted by atomic mass is 10.1. The van der Waals surface area contributed by atoms with E-state index in [1.54, 1.807) is 25.4 Å². The zero-order valence-electron chi connectivity index (χ0n) is 9.56. The molecular formula is C11H17N3O2. The molecular weight excluding hydrogens is 206 g/mol. The smallest absolute Gasteiger partial charge is 0.224 e. The van der Waals surface area contributed by atoms with Crippen molar-refractivity contribution in [2.24, 2.45) is 11.7 Å². The highest BCUT2D eigenvalue weighted by atomic mass is 16.5. The molecule has 88 valence electrons. The summed E-state index contributed by atoms with van der Waals surface area (Å²) in [6.07, 6.45) is 1.98. The molecule has 1 atom stereocenters. The number of ether oxygens (including phenoxy) is 1. The highest BCUT2D eigenvalue weighted by molar-refractivity contribution is 5.90. The van der Waals surface area contributed by atoms with E-state index in [2.05, 4.69) is 10.3 Å². The molecule has 16 heavy (non-hydrogen) atoms. The lowest BCUT2D eigenvalue weighted by molar-refractivity contribution is -0.116. The second-order valence-electron chi connectivity index (χ2n) is 3.68. The number of hydrogen-bond donors (Lipinski definition) is 2. The Bertz CT molecular complexity index is 338. The van der Waals surface area contributed by atoms with Gasteiger partial charge in [0.15, 0.2) is 0 Å². The summed E-state index contributed by atoms with van der Waals surface area (Å²) >= 11 is 0. The molecule has 0 saturated carbocycles. The number of nitrogens with one attached hydrogen (secondary N) is 1. The molecule has 1 amide bonds. The van der Waals surface area contributed by atoms with Crippen LogP contribution in [0.15, 0.2) is 18.3 Å². The second kappa shape index (κ2) is 6.07. The quantitative estimate of drug-likeness (QED) is 0.781. The number of nitrogens with zero attached hydrogens (tertiary/aromatic N) is 1. The van der Waals surface area contributed by atoms with E-state index < -0.39 is 0 Å². The molecule has 0 bridgehead atoms. The minimum Gasteiger partial charge on any atom is -0.481 e. The fourth-order valence-electron chi connectivity index (χ4n) is 1.19. The first-order chi connectivity index (χ1) is 7.65. The van der Waals surface area contributed by atoms with E-state index >= 15 is 0 Å². The maximum absolute atomic E-state index is 11.5. The van der Waals surface area contributed by atoms with Gasteiger partial charge in [0.05, 0.1) is 19.0 Å². The van der Waals surface area contributed by atoms with Gasteiger partial charge in [-0.1, -0.05) is 6.92 Å². The van der Waals surface area contributed by atoms with Gasteiger partial charge >= 0.3 is 0 Å². The predicted octanol–water partition coefficient (Wildman–Crippen LogP) is 1.01. The summed E-state index contributed by atoms with van der Waals surface area (Å²) in [7, 11) is 1.55. The average molecular weight is 223 g/mol. The third-order valence-electron chi connectivity index (χ3n) is 2.17. The van der Waals surface area contributed by atoms with Crippen molar-refractivity contribution in [2.75, 3.05) is 19.0 Å². The van der Waals surface area contributed by atoms with Gasteiger partial charge in [0, 0.05) is 12.5 Å². The molecule has 0 saturated heterocycles. The topological polar surface area (TPSA) is 77.2 Å². The number of nitrogens with two attached hydrogens (primary N) is 1. The SMILES string of the molecule is COc1ccc(NC(=O)CC(C)CN)cn1. The largest absolute Gasteiger partial charge is 0.481 e. The van der Waals surface area contributed by atoms with Gasteiger partial charge in [-0.15, -0.1) is 0 Å². The maximum Gasteiger partial charge on any atom is 0.224 e. The Balaban J connectivity index is 2.49. The molecule has 3 N–H and O–H groups in total. The van der Waals surface area contributed by atoms with Gasteiger partial charge in [-0.2, -0.15) is 0 Å². The molecule has 0 aliphatic carbocycles. The highest BCUT2D eigenvalue weighted by Gasteiger charge is 2.07. The Kier molecular flexibility index (Phi) is 4.72. The van der Waals surface area contributed by atoms with Gasteiger partial charge in [-0.05, 0) is 18.5 Å². The van der Waals surface area contributed by atoms with Crippen molar-refractivity contribution in [2.45, 2.75) is 13.3 Å². The Morgan fingerprint density at radius 3 is 2.88 bits per heavy atom. The summed E-state index contributed by atoms with van der Waals surface area (Å²) < 4.78 is 4.92. The first-order valence-corrected chi connectivity index (χ1v) is 5.15. The lowest BCUT2D eigenvalue weighted by Gasteiger charge is -2.09. The number of hydrogen-bond acceptors (Lipinski definition) is 4. The molecule has 0 aliphatic heterocycles. The minimum atomic E-state index is -0.0510. The summed E-state index contributed by atoms with van der Waals surface area (Å²) in [4.78, 5) is 15.5. The standard InChI is InChI=1S/C11H17N3O2/c1-8(6-12)5-10(15)14-9-3-4-11(16-2)13-7-9/h3-4,7-8H,5-6,12H2,1-2H3,(H,14,15). The number of carbonyl (C=O) groups is 1. The third-order valence-corrected chi connectivity index (χ3v) is 2.17. The van der Waals surface area contributed by atoms with Crippen LogP contribution in [0.25, 0.3) is 0 Å². The molecule has 5 nitrogen and oxygen atoms in total. The van der Waals surface area contributed by atoms with E-state index in [1.807, 2.05) is 6.92 Å². The van der Waals surface area contributed by atoms with Crippen molar-refractivity contribution in [3.05, 3.63) is 18.3 Å². The van der Waals surface area contributed by atoms with Gasteiger partial charge in [-0.25, -0.2) is 4.98 Å². The number of methoxy groups -OCH3 is 1. The lowest BCUT2D eigenvalue weighted by Crippen LogP contribution is -2.20. The molecule has 0 fully saturated rings. The monoisotopic (exact) mass is 223 g/mol. The van der Waals surface area contributed by atoms with Crippen LogP contribution in [0.4, 0.5) is 5.69 Å². The predicted molar refractivity (Wildman–Crippen MR) is 62.3 cm³/mol. The van der Waals surface area contributed by atoms with Crippen molar-refractivity contribution in [3.8, 4) is 5.88 Å². The molecule has 0 aliphatic rings. The van der Waals surface area contributed by atoms with Crippen molar-refractivity contribution in [1.29, 1.82) is 0 Å². The van der Waals surface area contributed by atoms with Crippen molar-refractivity contribution in [3.63, 3.8) is 0 Å². The Hall–Kier alpha value is -1.62. The molecule has 5 heteroatoms. The third kappa shape index (κ3) is 3.86. The van der Waals surface area contributed by atoms with E-state index in [0.717, 1.165) is 0 Å². The molecule has 0 radical (unpaired) electrons. The average Bonchev–Trinajstić information content (AvgIpc) is 2.29. The van der Waals surface area contributed by atoms with Crippen LogP contribution in [0.5, 0.6) is 5.88 Å². The van der Waals surface area contributed by atoms with Gasteiger partial charge in [0.25, 0.3) is 0 Å². The molecule has 0 aromatic carbocycles. The van der Waals surface area contributed by atoms with Crippen LogP contribution in [0.1, 0.15) is 13.3 Å². The number of anilines is 1. The zero-order valence-corrected chi connectivity index (χ0v) is 9.56. The second-order valence-corrected chi connectivity index (χ2v) is 3.68. The molecule has 1 heterocycles. The van der Waals surface area contributed by atoms with Crippen LogP contribution in [-0.2, 0) is 4.79 Å². The summed E-state index contributed by atoms with van der Waals surface area (Å²) in [5.41, 5.74) is 6.10. The van der Waals surface area contributed by atoms with Crippen LogP contribution >= 0.6 is 0 Å². The Morgan fingerprint density at radius 1 is 1.62 bits per heavy atom. The van der Waals surface area contributed by atoms with Gasteiger partial charge in [-0.3, -0.25) is 4.79 Å². The van der Waals surface area contributed by atoms with Gasteiger partial charge in [0.1, 0.15) is 0 Å². The van der Waals surface area contributed by atoms with E-state index in [-0.39, 0.29) is 11.8 Å². The van der Waals surface area contributed by atoms with Crippen LogP contribution in [0.2, 0.25) is 0 Å². The van der Waals surface area contributed by atoms with Crippen molar-refractivity contribution in [1.82, 2.24) is 4.98 Å². The van der Waals surface area contributed by atoms with Gasteiger partial charge in [0.2, 0.25) is 11.8 Å². The minimum absolute atomic E-state index is 0.0510. The van der Waals surface area contributed by atoms with Crippen molar-refractivity contribution < 1.29 is 9.53 Å². The maximum atomic E-state index is 11.5. The van der Waals surface area contributed by atoms with Crippen LogP contribution in [-0.4, -0.2) is 24.5 Å². The number of amides is 1. The zero-order chi connectivity index (χ0) is 12.0. The number of aromatic nitrogens is 1. The van der Waals surface area contributed by atoms with Gasteiger partial charge < -0.3 is 15.8 Å². The van der Waals surface area contributed by atoms with E-state index in [0.29, 0.717) is 24.5 Å². The Morgan fingerprint density at radius 2 is 2.38 bits per heavy atom. The summed E-state index contributed by atoms with van der Waals surface area (Å²) in [5, 5.41) is 2.75. The van der Waals surface area contributed by atoms with Crippen LogP contribution in [0, 0.1) is 5.92 Å². The van der Waals surface area contributed by atoms with E-state index in [4.69, 9.17) is 10.5 Å². The number of pyridine rings is 1. The fourth-order valence-corrected chi connectivity index (χ4v) is 1.19. The van der Waals surface area contributed by atoms with E-state index in [9.17, 15) is 4.79 Å². The van der Waals surface area contributed by atoms with E-state index in [1.165, 1.54) is 0 Å².